The predicted molar refractivity (Wildman–Crippen MR) is 304 cm³/mol. The molecule has 4 aromatic rings. The van der Waals surface area contributed by atoms with E-state index >= 15 is 0 Å². The summed E-state index contributed by atoms with van der Waals surface area (Å²) in [6, 6.07) is 3.53. The van der Waals surface area contributed by atoms with Crippen molar-refractivity contribution in [1.82, 2.24) is 41.5 Å². The molecule has 0 radical (unpaired) electrons. The molecule has 33 heteroatoms. The molecule has 3 fully saturated rings. The lowest BCUT2D eigenvalue weighted by Gasteiger charge is -2.34. The first-order valence-corrected chi connectivity index (χ1v) is 29.5. The van der Waals surface area contributed by atoms with E-state index in [2.05, 4.69) is 32.2 Å². The Hall–Kier alpha value is -8.38. The van der Waals surface area contributed by atoms with Crippen molar-refractivity contribution in [2.75, 3.05) is 19.7 Å². The number of hydrogen-bond donors (Lipinski definition) is 16. The number of unbranched alkanes of at least 4 members (excludes halogenated alkanes) is 2. The maximum atomic E-state index is 14.7. The standard InChI is InChI=1S/C56H71N9O23S/c1-4-5-6-16-86-32-9-7-8-29(17-32)39-21-33(63-87-39)27-10-12-28(13-11-27)49(75)58-34-20-38(70)52(78)62-54(80)45-46(72)25(2)23-65(45)56(82)43(37(69)22-41(57)71)60-53(79)44(48(74)47(73)30-14-15-36(68)40(18-30)88-89(83,84)85)61-51(77)35-19-31(67)24-64(35)55(81)42(26(3)66)59-50(34)76/h7-15,17-18,21,25-26,31,34-35,37-38,42-48,52,66-70,72-74,78H,4-6,16,19-20,22-24H2,1-3H3,(H2,57,71)(H,58,75)(H,59,76)(H,60,79)(H,61,77)(H,62,80)(H,83,84,85). The Morgan fingerprint density at radius 2 is 1.47 bits per heavy atom. The number of benzene rings is 3. The number of fused-ring (bicyclic) bond motifs is 2. The van der Waals surface area contributed by atoms with Gasteiger partial charge in [-0.25, -0.2) is 0 Å². The van der Waals surface area contributed by atoms with E-state index in [0.717, 1.165) is 32.3 Å². The van der Waals surface area contributed by atoms with Crippen LogP contribution in [0.15, 0.2) is 77.3 Å². The molecule has 3 aromatic carbocycles. The second-order valence-electron chi connectivity index (χ2n) is 21.9. The van der Waals surface area contributed by atoms with Crippen LogP contribution < -0.4 is 41.2 Å². The molecule has 484 valence electrons. The topological polar surface area (TPSA) is 510 Å². The number of aliphatic hydroxyl groups is 8. The van der Waals surface area contributed by atoms with E-state index in [4.69, 9.17) is 15.0 Å². The smallest absolute Gasteiger partial charge is 0.446 e. The van der Waals surface area contributed by atoms with E-state index in [1.165, 1.54) is 31.2 Å². The van der Waals surface area contributed by atoms with Crippen LogP contribution in [0.5, 0.6) is 17.2 Å². The van der Waals surface area contributed by atoms with Gasteiger partial charge in [0.2, 0.25) is 41.4 Å². The van der Waals surface area contributed by atoms with Crippen LogP contribution in [0.4, 0.5) is 0 Å². The fourth-order valence-corrected chi connectivity index (χ4v) is 10.7. The van der Waals surface area contributed by atoms with Gasteiger partial charge >= 0.3 is 10.4 Å². The molecule has 0 aliphatic carbocycles. The number of rotatable bonds is 18. The van der Waals surface area contributed by atoms with Crippen LogP contribution >= 0.6 is 0 Å². The Bertz CT molecular complexity index is 3350. The summed E-state index contributed by atoms with van der Waals surface area (Å²) in [7, 11) is -5.35. The first kappa shape index (κ1) is 68.1. The molecule has 0 spiro atoms. The molecule has 4 heterocycles. The third-order valence-corrected chi connectivity index (χ3v) is 15.5. The Balaban J connectivity index is 1.23. The Morgan fingerprint density at radius 3 is 2.13 bits per heavy atom. The van der Waals surface area contributed by atoms with Gasteiger partial charge in [-0.3, -0.25) is 42.9 Å². The third kappa shape index (κ3) is 16.9. The van der Waals surface area contributed by atoms with E-state index in [0.29, 0.717) is 56.9 Å². The summed E-state index contributed by atoms with van der Waals surface area (Å²) in [5, 5.41) is 116. The minimum absolute atomic E-state index is 0.108. The molecule has 8 amide bonds. The lowest BCUT2D eigenvalue weighted by Crippen LogP contribution is -2.64. The number of aromatic nitrogens is 1. The van der Waals surface area contributed by atoms with Crippen molar-refractivity contribution in [2.24, 2.45) is 11.7 Å². The summed E-state index contributed by atoms with van der Waals surface area (Å²) in [5.41, 5.74) is 6.14. The fourth-order valence-electron chi connectivity index (χ4n) is 10.4. The largest absolute Gasteiger partial charge is 0.504 e. The summed E-state index contributed by atoms with van der Waals surface area (Å²) in [5.74, 6) is -12.9. The number of phenolic OH excluding ortho intramolecular Hbond substituents is 1. The number of aromatic hydroxyl groups is 1. The van der Waals surface area contributed by atoms with E-state index in [-0.39, 0.29) is 5.56 Å². The Morgan fingerprint density at radius 1 is 0.798 bits per heavy atom. The molecular weight excluding hydrogens is 1200 g/mol. The van der Waals surface area contributed by atoms with Gasteiger partial charge in [-0.15, -0.1) is 0 Å². The molecule has 1 aromatic heterocycles. The molecule has 89 heavy (non-hydrogen) atoms. The van der Waals surface area contributed by atoms with Crippen LogP contribution in [-0.4, -0.2) is 220 Å². The lowest BCUT2D eigenvalue weighted by molar-refractivity contribution is -0.149. The van der Waals surface area contributed by atoms with Gasteiger partial charge in [0, 0.05) is 54.6 Å². The number of phenols is 1. The first-order chi connectivity index (χ1) is 42.0. The van der Waals surface area contributed by atoms with Gasteiger partial charge in [0.25, 0.3) is 5.91 Å². The van der Waals surface area contributed by atoms with Crippen LogP contribution in [0.1, 0.15) is 81.3 Å². The second kappa shape index (κ2) is 29.3. The maximum Gasteiger partial charge on any atom is 0.446 e. The van der Waals surface area contributed by atoms with Crippen molar-refractivity contribution < 1.29 is 111 Å². The van der Waals surface area contributed by atoms with Gasteiger partial charge in [-0.05, 0) is 55.3 Å². The molecule has 17 N–H and O–H groups in total. The summed E-state index contributed by atoms with van der Waals surface area (Å²) in [6.07, 6.45) is -17.4. The van der Waals surface area contributed by atoms with Crippen molar-refractivity contribution >= 4 is 57.7 Å². The predicted octanol–water partition coefficient (Wildman–Crippen LogP) is -3.90. The Kier molecular flexibility index (Phi) is 22.4. The number of amides is 8. The zero-order valence-corrected chi connectivity index (χ0v) is 48.9. The summed E-state index contributed by atoms with van der Waals surface area (Å²) in [6.45, 7) is 3.69. The van der Waals surface area contributed by atoms with Crippen molar-refractivity contribution in [3.05, 3.63) is 83.9 Å². The highest BCUT2D eigenvalue weighted by molar-refractivity contribution is 7.81. The van der Waals surface area contributed by atoms with E-state index in [9.17, 15) is 97.3 Å². The highest BCUT2D eigenvalue weighted by atomic mass is 32.3. The average molecular weight is 1270 g/mol. The minimum Gasteiger partial charge on any atom is -0.504 e. The van der Waals surface area contributed by atoms with Crippen molar-refractivity contribution in [2.45, 2.75) is 145 Å². The van der Waals surface area contributed by atoms with Gasteiger partial charge < -0.3 is 102 Å². The van der Waals surface area contributed by atoms with E-state index in [1.807, 2.05) is 16.7 Å². The van der Waals surface area contributed by atoms with Gasteiger partial charge in [-0.1, -0.05) is 62.2 Å². The highest BCUT2D eigenvalue weighted by Gasteiger charge is 2.51. The zero-order chi connectivity index (χ0) is 65.3. The van der Waals surface area contributed by atoms with Crippen LogP contribution in [0.2, 0.25) is 0 Å². The summed E-state index contributed by atoms with van der Waals surface area (Å²) < 4.78 is 48.2. The number of nitrogens with zero attached hydrogens (tertiary/aromatic N) is 3. The number of nitrogens with two attached hydrogens (primary N) is 1. The van der Waals surface area contributed by atoms with Gasteiger partial charge in [-0.2, -0.15) is 8.42 Å². The molecule has 3 aliphatic rings. The molecular formula is C56H71N9O23S. The SMILES string of the molecule is CCCCCOc1cccc(-c2cc(-c3ccc(C(=O)NC4CC(O)C(O)NC(=O)C5C(O)C(C)CN5C(=O)C(C(O)CC(N)=O)NC(=O)C(C(O)C(O)c5ccc(O)c(OS(=O)(=O)O)c5)NC(=O)C5CC(O)CN5C(=O)C(C(C)O)NC4=O)cc3)no2)c1. The van der Waals surface area contributed by atoms with Crippen molar-refractivity contribution in [1.29, 1.82) is 0 Å². The van der Waals surface area contributed by atoms with Crippen LogP contribution in [0.3, 0.4) is 0 Å². The molecule has 0 bridgehead atoms. The number of primary amides is 1. The molecule has 7 rings (SSSR count). The van der Waals surface area contributed by atoms with E-state index in [1.54, 1.807) is 24.3 Å². The molecule has 32 nitrogen and oxygen atoms in total. The lowest BCUT2D eigenvalue weighted by atomic mass is 9.96. The van der Waals surface area contributed by atoms with Crippen LogP contribution in [0, 0.1) is 5.92 Å². The Labute approximate surface area is 507 Å². The van der Waals surface area contributed by atoms with E-state index < -0.39 is 198 Å². The van der Waals surface area contributed by atoms with Gasteiger partial charge in [0.1, 0.15) is 66.0 Å². The number of aliphatic hydroxyl groups excluding tert-OH is 8. The zero-order valence-electron chi connectivity index (χ0n) is 48.1. The van der Waals surface area contributed by atoms with Crippen LogP contribution in [0.25, 0.3) is 22.6 Å². The van der Waals surface area contributed by atoms with Crippen molar-refractivity contribution in [3.63, 3.8) is 0 Å². The van der Waals surface area contributed by atoms with Gasteiger partial charge in [0.05, 0.1) is 37.4 Å². The quantitative estimate of drug-likeness (QED) is 0.0334. The first-order valence-electron chi connectivity index (χ1n) is 28.1. The molecule has 15 unspecified atom stereocenters. The second-order valence-corrected chi connectivity index (χ2v) is 23.0. The summed E-state index contributed by atoms with van der Waals surface area (Å²) >= 11 is 0. The van der Waals surface area contributed by atoms with Crippen molar-refractivity contribution in [3.8, 4) is 39.8 Å². The van der Waals surface area contributed by atoms with Crippen LogP contribution in [-0.2, 0) is 44.0 Å². The average Bonchev–Trinajstić information content (AvgIpc) is 1.84. The fraction of sp³-hybridized carbons (Fsp3) is 0.482. The number of hydrogen-bond acceptors (Lipinski definition) is 23. The maximum absolute atomic E-state index is 14.7. The third-order valence-electron chi connectivity index (χ3n) is 15.2. The summed E-state index contributed by atoms with van der Waals surface area (Å²) in [4.78, 5) is 115. The minimum atomic E-state index is -5.35. The molecule has 3 saturated heterocycles. The molecule has 0 saturated carbocycles. The molecule has 3 aliphatic heterocycles. The number of carbonyl (C=O) groups excluding carboxylic acids is 8. The van der Waals surface area contributed by atoms with Gasteiger partial charge in [0.15, 0.2) is 23.5 Å². The number of nitrogens with one attached hydrogen (secondary N) is 5. The highest BCUT2D eigenvalue weighted by Crippen LogP contribution is 2.34. The number of carbonyl (C=O) groups is 8. The molecule has 15 atom stereocenters. The monoisotopic (exact) mass is 1270 g/mol. The number of ether oxygens (including phenoxy) is 1. The normalized spacial score (nSPS) is 26.4.